The van der Waals surface area contributed by atoms with Crippen LogP contribution >= 0.6 is 11.6 Å². The minimum Gasteiger partial charge on any atom is -0.497 e. The predicted octanol–water partition coefficient (Wildman–Crippen LogP) is 2.98. The Morgan fingerprint density at radius 1 is 1.33 bits per heavy atom. The molecule has 1 aromatic rings. The fraction of sp³-hybridized carbons (Fsp3) is 0.250. The Labute approximate surface area is 128 Å². The lowest BCUT2D eigenvalue weighted by molar-refractivity contribution is -0.138. The lowest BCUT2D eigenvalue weighted by atomic mass is 10.2. The second-order valence-corrected chi connectivity index (χ2v) is 5.00. The molecule has 5 heteroatoms. The number of ether oxygens (including phenoxy) is 1. The van der Waals surface area contributed by atoms with Gasteiger partial charge in [0.15, 0.2) is 0 Å². The Bertz CT molecular complexity index is 590. The molecule has 2 amide bonds. The van der Waals surface area contributed by atoms with Gasteiger partial charge in [-0.1, -0.05) is 29.8 Å². The topological polar surface area (TPSA) is 46.6 Å². The van der Waals surface area contributed by atoms with Crippen LogP contribution in [0.1, 0.15) is 18.4 Å². The highest BCUT2D eigenvalue weighted by Gasteiger charge is 2.23. The van der Waals surface area contributed by atoms with E-state index in [1.54, 1.807) is 31.4 Å². The van der Waals surface area contributed by atoms with Crippen LogP contribution < -0.4 is 4.74 Å². The molecule has 4 nitrogen and oxygen atoms in total. The monoisotopic (exact) mass is 305 g/mol. The minimum absolute atomic E-state index is 0.110. The summed E-state index contributed by atoms with van der Waals surface area (Å²) in [5.41, 5.74) is 0.855. The zero-order valence-corrected chi connectivity index (χ0v) is 12.5. The highest BCUT2D eigenvalue weighted by molar-refractivity contribution is 6.43. The molecule has 0 fully saturated rings. The molecule has 0 aromatic heterocycles. The third kappa shape index (κ3) is 3.95. The first kappa shape index (κ1) is 15.3. The quantitative estimate of drug-likeness (QED) is 0.807. The smallest absolute Gasteiger partial charge is 0.271 e. The van der Waals surface area contributed by atoms with E-state index in [1.807, 2.05) is 12.1 Å². The number of carbonyl (C=O) groups is 2. The molecular weight excluding hydrogens is 290 g/mol. The van der Waals surface area contributed by atoms with E-state index in [0.717, 1.165) is 17.7 Å². The summed E-state index contributed by atoms with van der Waals surface area (Å²) < 4.78 is 5.06. The van der Waals surface area contributed by atoms with Crippen molar-refractivity contribution in [2.75, 3.05) is 13.7 Å². The molecule has 0 radical (unpaired) electrons. The van der Waals surface area contributed by atoms with E-state index in [1.165, 1.54) is 11.0 Å². The van der Waals surface area contributed by atoms with Crippen molar-refractivity contribution < 1.29 is 14.3 Å². The molecular formula is C16H16ClNO3. The van der Waals surface area contributed by atoms with Crippen molar-refractivity contribution in [3.8, 4) is 5.75 Å². The summed E-state index contributed by atoms with van der Waals surface area (Å²) in [6.07, 6.45) is 6.14. The first-order valence-electron chi connectivity index (χ1n) is 6.65. The molecule has 0 N–H and O–H groups in total. The van der Waals surface area contributed by atoms with Gasteiger partial charge in [0, 0.05) is 12.6 Å². The summed E-state index contributed by atoms with van der Waals surface area (Å²) in [7, 11) is 1.59. The van der Waals surface area contributed by atoms with Gasteiger partial charge in [-0.25, -0.2) is 0 Å². The highest BCUT2D eigenvalue weighted by Crippen LogP contribution is 2.16. The minimum atomic E-state index is -0.432. The zero-order valence-electron chi connectivity index (χ0n) is 11.7. The molecule has 0 spiro atoms. The van der Waals surface area contributed by atoms with Crippen molar-refractivity contribution in [2.24, 2.45) is 0 Å². The Balaban J connectivity index is 2.07. The van der Waals surface area contributed by atoms with E-state index in [-0.39, 0.29) is 10.9 Å². The molecule has 1 aromatic carbocycles. The van der Waals surface area contributed by atoms with Crippen LogP contribution in [0.2, 0.25) is 0 Å². The number of methoxy groups -OCH3 is 1. The van der Waals surface area contributed by atoms with Gasteiger partial charge in [-0.15, -0.1) is 0 Å². The van der Waals surface area contributed by atoms with Crippen molar-refractivity contribution in [3.63, 3.8) is 0 Å². The number of halogens is 1. The van der Waals surface area contributed by atoms with E-state index >= 15 is 0 Å². The van der Waals surface area contributed by atoms with Crippen molar-refractivity contribution in [1.29, 1.82) is 0 Å². The number of nitrogens with zero attached hydrogens (tertiary/aromatic N) is 1. The van der Waals surface area contributed by atoms with Gasteiger partial charge in [-0.2, -0.15) is 0 Å². The van der Waals surface area contributed by atoms with Gasteiger partial charge in [-0.3, -0.25) is 14.5 Å². The zero-order chi connectivity index (χ0) is 15.2. The summed E-state index contributed by atoms with van der Waals surface area (Å²) >= 11 is 5.84. The van der Waals surface area contributed by atoms with Crippen molar-refractivity contribution >= 4 is 29.5 Å². The molecule has 0 bridgehead atoms. The maximum Gasteiger partial charge on any atom is 0.271 e. The molecule has 1 heterocycles. The molecule has 0 saturated heterocycles. The molecule has 1 aliphatic heterocycles. The van der Waals surface area contributed by atoms with Gasteiger partial charge in [0.05, 0.1) is 7.11 Å². The Kier molecular flexibility index (Phi) is 5.17. The molecule has 0 atom stereocenters. The largest absolute Gasteiger partial charge is 0.497 e. The van der Waals surface area contributed by atoms with E-state index in [9.17, 15) is 9.59 Å². The van der Waals surface area contributed by atoms with Gasteiger partial charge in [0.1, 0.15) is 10.8 Å². The lowest BCUT2D eigenvalue weighted by Crippen LogP contribution is -2.35. The molecule has 2 rings (SSSR count). The van der Waals surface area contributed by atoms with Gasteiger partial charge in [-0.05, 0) is 36.6 Å². The standard InChI is InChI=1S/C16H16ClNO3/c1-21-13-8-5-12(6-9-13)7-10-15(19)18-11-3-2-4-14(17)16(18)20/h4-10H,2-3,11H2,1H3/b10-7+. The van der Waals surface area contributed by atoms with E-state index in [0.29, 0.717) is 13.0 Å². The van der Waals surface area contributed by atoms with Crippen LogP contribution in [0.25, 0.3) is 6.08 Å². The van der Waals surface area contributed by atoms with Crippen molar-refractivity contribution in [1.82, 2.24) is 4.90 Å². The normalized spacial score (nSPS) is 15.8. The number of amides is 2. The summed E-state index contributed by atoms with van der Waals surface area (Å²) in [4.78, 5) is 25.2. The SMILES string of the molecule is COc1ccc(/C=C/C(=O)N2CCCC=C(Cl)C2=O)cc1. The molecule has 1 aliphatic rings. The summed E-state index contributed by atoms with van der Waals surface area (Å²) in [5, 5.41) is 0.110. The maximum atomic E-state index is 12.1. The van der Waals surface area contributed by atoms with Crippen molar-refractivity contribution in [2.45, 2.75) is 12.8 Å². The van der Waals surface area contributed by atoms with Crippen LogP contribution in [-0.4, -0.2) is 30.4 Å². The third-order valence-electron chi connectivity index (χ3n) is 3.16. The lowest BCUT2D eigenvalue weighted by Gasteiger charge is -2.16. The fourth-order valence-corrected chi connectivity index (χ4v) is 2.19. The molecule has 21 heavy (non-hydrogen) atoms. The first-order valence-corrected chi connectivity index (χ1v) is 7.03. The molecule has 110 valence electrons. The number of rotatable bonds is 3. The Morgan fingerprint density at radius 3 is 2.71 bits per heavy atom. The van der Waals surface area contributed by atoms with Crippen LogP contribution in [0.15, 0.2) is 41.4 Å². The first-order chi connectivity index (χ1) is 10.1. The Hall–Kier alpha value is -2.07. The number of hydrogen-bond acceptors (Lipinski definition) is 3. The number of hydrogen-bond donors (Lipinski definition) is 0. The predicted molar refractivity (Wildman–Crippen MR) is 81.9 cm³/mol. The number of benzene rings is 1. The van der Waals surface area contributed by atoms with Crippen LogP contribution in [0, 0.1) is 0 Å². The van der Waals surface area contributed by atoms with Gasteiger partial charge >= 0.3 is 0 Å². The average molecular weight is 306 g/mol. The van der Waals surface area contributed by atoms with Crippen LogP contribution in [0.4, 0.5) is 0 Å². The van der Waals surface area contributed by atoms with Gasteiger partial charge in [0.2, 0.25) is 0 Å². The molecule has 0 aliphatic carbocycles. The number of carbonyl (C=O) groups excluding carboxylic acids is 2. The number of imide groups is 1. The average Bonchev–Trinajstić information content (AvgIpc) is 2.68. The summed E-state index contributed by atoms with van der Waals surface area (Å²) in [5.74, 6) is -0.0408. The van der Waals surface area contributed by atoms with Crippen molar-refractivity contribution in [3.05, 3.63) is 47.0 Å². The second-order valence-electron chi connectivity index (χ2n) is 4.60. The molecule has 0 unspecified atom stereocenters. The summed E-state index contributed by atoms with van der Waals surface area (Å²) in [6, 6.07) is 7.28. The second kappa shape index (κ2) is 7.09. The van der Waals surface area contributed by atoms with Gasteiger partial charge < -0.3 is 4.74 Å². The van der Waals surface area contributed by atoms with Crippen LogP contribution in [0.5, 0.6) is 5.75 Å². The Morgan fingerprint density at radius 2 is 2.05 bits per heavy atom. The van der Waals surface area contributed by atoms with E-state index in [2.05, 4.69) is 0 Å². The van der Waals surface area contributed by atoms with E-state index in [4.69, 9.17) is 16.3 Å². The highest BCUT2D eigenvalue weighted by atomic mass is 35.5. The summed E-state index contributed by atoms with van der Waals surface area (Å²) in [6.45, 7) is 0.386. The third-order valence-corrected chi connectivity index (χ3v) is 3.48. The van der Waals surface area contributed by atoms with Crippen LogP contribution in [-0.2, 0) is 9.59 Å². The fourth-order valence-electron chi connectivity index (χ4n) is 1.98. The van der Waals surface area contributed by atoms with E-state index < -0.39 is 5.91 Å². The van der Waals surface area contributed by atoms with Gasteiger partial charge in [0.25, 0.3) is 11.8 Å². The number of allylic oxidation sites excluding steroid dienone is 1. The maximum absolute atomic E-state index is 12.1. The molecule has 0 saturated carbocycles. The van der Waals surface area contributed by atoms with Crippen LogP contribution in [0.3, 0.4) is 0 Å².